The monoisotopic (exact) mass is 196 g/mol. The fourth-order valence-electron chi connectivity index (χ4n) is 0.954. The molecule has 0 aromatic carbocycles. The van der Waals surface area contributed by atoms with Gasteiger partial charge >= 0.3 is 0 Å². The summed E-state index contributed by atoms with van der Waals surface area (Å²) >= 11 is 0. The van der Waals surface area contributed by atoms with Crippen LogP contribution < -0.4 is 5.32 Å². The minimum absolute atomic E-state index is 0.0295. The second-order valence-corrected chi connectivity index (χ2v) is 3.14. The number of aliphatic hydroxyl groups is 1. The Labute approximate surface area is 83.9 Å². The van der Waals surface area contributed by atoms with Crippen LogP contribution in [-0.4, -0.2) is 29.8 Å². The SMILES string of the molecule is COC(C)CNc1ccc(CO)cn1. The number of methoxy groups -OCH3 is 1. The largest absolute Gasteiger partial charge is 0.392 e. The van der Waals surface area contributed by atoms with Crippen LogP contribution in [0, 0.1) is 0 Å². The first-order valence-corrected chi connectivity index (χ1v) is 4.58. The Morgan fingerprint density at radius 3 is 2.86 bits per heavy atom. The summed E-state index contributed by atoms with van der Waals surface area (Å²) in [5.41, 5.74) is 0.815. The zero-order chi connectivity index (χ0) is 10.4. The molecular weight excluding hydrogens is 180 g/mol. The van der Waals surface area contributed by atoms with Crippen molar-refractivity contribution in [3.05, 3.63) is 23.9 Å². The Balaban J connectivity index is 2.43. The van der Waals surface area contributed by atoms with Crippen LogP contribution in [0.4, 0.5) is 5.82 Å². The van der Waals surface area contributed by atoms with Crippen LogP contribution in [0.2, 0.25) is 0 Å². The van der Waals surface area contributed by atoms with E-state index in [0.717, 1.165) is 17.9 Å². The van der Waals surface area contributed by atoms with Gasteiger partial charge in [-0.25, -0.2) is 4.98 Å². The van der Waals surface area contributed by atoms with Gasteiger partial charge in [-0.3, -0.25) is 0 Å². The van der Waals surface area contributed by atoms with Crippen LogP contribution in [0.25, 0.3) is 0 Å². The third-order valence-corrected chi connectivity index (χ3v) is 1.98. The summed E-state index contributed by atoms with van der Waals surface area (Å²) in [5.74, 6) is 0.797. The molecule has 0 saturated carbocycles. The van der Waals surface area contributed by atoms with Gasteiger partial charge in [-0.2, -0.15) is 0 Å². The van der Waals surface area contributed by atoms with E-state index in [9.17, 15) is 0 Å². The summed E-state index contributed by atoms with van der Waals surface area (Å²) in [7, 11) is 1.68. The average molecular weight is 196 g/mol. The Kier molecular flexibility index (Phi) is 4.35. The Morgan fingerprint density at radius 2 is 2.36 bits per heavy atom. The maximum absolute atomic E-state index is 8.80. The van der Waals surface area contributed by atoms with Gasteiger partial charge in [0.15, 0.2) is 0 Å². The lowest BCUT2D eigenvalue weighted by atomic mass is 10.3. The number of pyridine rings is 1. The number of ether oxygens (including phenoxy) is 1. The number of rotatable bonds is 5. The average Bonchev–Trinajstić information content (AvgIpc) is 2.26. The van der Waals surface area contributed by atoms with Crippen LogP contribution in [0.5, 0.6) is 0 Å². The van der Waals surface area contributed by atoms with E-state index in [-0.39, 0.29) is 12.7 Å². The van der Waals surface area contributed by atoms with Gasteiger partial charge in [0.25, 0.3) is 0 Å². The van der Waals surface area contributed by atoms with Crippen LogP contribution in [0.1, 0.15) is 12.5 Å². The number of aromatic nitrogens is 1. The van der Waals surface area contributed by atoms with Crippen LogP contribution >= 0.6 is 0 Å². The van der Waals surface area contributed by atoms with Crippen molar-refractivity contribution in [1.29, 1.82) is 0 Å². The van der Waals surface area contributed by atoms with Gasteiger partial charge in [-0.15, -0.1) is 0 Å². The van der Waals surface area contributed by atoms with Gasteiger partial charge < -0.3 is 15.2 Å². The molecule has 0 aliphatic rings. The van der Waals surface area contributed by atoms with Crippen molar-refractivity contribution in [3.63, 3.8) is 0 Å². The lowest BCUT2D eigenvalue weighted by Gasteiger charge is -2.11. The van der Waals surface area contributed by atoms with Crippen molar-refractivity contribution in [2.75, 3.05) is 19.0 Å². The number of hydrogen-bond acceptors (Lipinski definition) is 4. The Bertz CT molecular complexity index is 261. The molecule has 0 saturated heterocycles. The maximum atomic E-state index is 8.80. The molecule has 0 spiro atoms. The summed E-state index contributed by atoms with van der Waals surface area (Å²) in [6, 6.07) is 3.68. The van der Waals surface area contributed by atoms with Crippen molar-refractivity contribution in [3.8, 4) is 0 Å². The first kappa shape index (κ1) is 10.9. The molecule has 4 nitrogen and oxygen atoms in total. The normalized spacial score (nSPS) is 12.5. The first-order valence-electron chi connectivity index (χ1n) is 4.58. The molecule has 0 aliphatic heterocycles. The molecule has 78 valence electrons. The van der Waals surface area contributed by atoms with Crippen LogP contribution in [0.3, 0.4) is 0 Å². The minimum Gasteiger partial charge on any atom is -0.392 e. The molecule has 0 bridgehead atoms. The molecule has 1 rings (SSSR count). The van der Waals surface area contributed by atoms with Crippen LogP contribution in [0.15, 0.2) is 18.3 Å². The van der Waals surface area contributed by atoms with Crippen molar-refractivity contribution in [1.82, 2.24) is 4.98 Å². The lowest BCUT2D eigenvalue weighted by molar-refractivity contribution is 0.128. The van der Waals surface area contributed by atoms with Gasteiger partial charge in [0, 0.05) is 19.9 Å². The lowest BCUT2D eigenvalue weighted by Crippen LogP contribution is -2.18. The molecule has 4 heteroatoms. The number of anilines is 1. The van der Waals surface area contributed by atoms with Crippen molar-refractivity contribution >= 4 is 5.82 Å². The topological polar surface area (TPSA) is 54.4 Å². The van der Waals surface area contributed by atoms with E-state index in [1.807, 2.05) is 19.1 Å². The van der Waals surface area contributed by atoms with Crippen molar-refractivity contribution in [2.45, 2.75) is 19.6 Å². The molecule has 1 unspecified atom stereocenters. The molecule has 0 fully saturated rings. The standard InChI is InChI=1S/C10H16N2O2/c1-8(14-2)5-11-10-4-3-9(7-13)6-12-10/h3-4,6,8,13H,5,7H2,1-2H3,(H,11,12). The highest BCUT2D eigenvalue weighted by molar-refractivity contribution is 5.35. The predicted molar refractivity (Wildman–Crippen MR) is 55.1 cm³/mol. The fourth-order valence-corrected chi connectivity index (χ4v) is 0.954. The number of hydrogen-bond donors (Lipinski definition) is 2. The molecular formula is C10H16N2O2. The second-order valence-electron chi connectivity index (χ2n) is 3.14. The van der Waals surface area contributed by atoms with E-state index in [2.05, 4.69) is 10.3 Å². The first-order chi connectivity index (χ1) is 6.76. The second kappa shape index (κ2) is 5.57. The Hall–Kier alpha value is -1.13. The fraction of sp³-hybridized carbons (Fsp3) is 0.500. The highest BCUT2D eigenvalue weighted by Crippen LogP contribution is 2.04. The molecule has 1 aromatic heterocycles. The molecule has 1 atom stereocenters. The Morgan fingerprint density at radius 1 is 1.57 bits per heavy atom. The van der Waals surface area contributed by atoms with Crippen molar-refractivity contribution in [2.24, 2.45) is 0 Å². The maximum Gasteiger partial charge on any atom is 0.125 e. The van der Waals surface area contributed by atoms with E-state index in [1.54, 1.807) is 13.3 Å². The molecule has 0 radical (unpaired) electrons. The molecule has 14 heavy (non-hydrogen) atoms. The third-order valence-electron chi connectivity index (χ3n) is 1.98. The zero-order valence-electron chi connectivity index (χ0n) is 8.53. The third kappa shape index (κ3) is 3.32. The van der Waals surface area contributed by atoms with E-state index in [0.29, 0.717) is 0 Å². The van der Waals surface area contributed by atoms with E-state index in [1.165, 1.54) is 0 Å². The molecule has 0 aliphatic carbocycles. The van der Waals surface area contributed by atoms with Gasteiger partial charge in [-0.05, 0) is 18.6 Å². The number of nitrogens with zero attached hydrogens (tertiary/aromatic N) is 1. The van der Waals surface area contributed by atoms with Gasteiger partial charge in [0.05, 0.1) is 12.7 Å². The highest BCUT2D eigenvalue weighted by atomic mass is 16.5. The van der Waals surface area contributed by atoms with Gasteiger partial charge in [0.2, 0.25) is 0 Å². The van der Waals surface area contributed by atoms with Gasteiger partial charge in [0.1, 0.15) is 5.82 Å². The summed E-state index contributed by atoms with van der Waals surface area (Å²) in [4.78, 5) is 4.13. The highest BCUT2D eigenvalue weighted by Gasteiger charge is 1.99. The molecule has 2 N–H and O–H groups in total. The quantitative estimate of drug-likeness (QED) is 0.738. The smallest absolute Gasteiger partial charge is 0.125 e. The zero-order valence-corrected chi connectivity index (χ0v) is 8.53. The van der Waals surface area contributed by atoms with Crippen LogP contribution in [-0.2, 0) is 11.3 Å². The molecule has 1 heterocycles. The predicted octanol–water partition coefficient (Wildman–Crippen LogP) is 1.02. The molecule has 0 amide bonds. The summed E-state index contributed by atoms with van der Waals surface area (Å²) < 4.78 is 5.09. The summed E-state index contributed by atoms with van der Waals surface area (Å²) in [5, 5.41) is 11.9. The van der Waals surface area contributed by atoms with E-state index in [4.69, 9.17) is 9.84 Å². The van der Waals surface area contributed by atoms with E-state index >= 15 is 0 Å². The number of nitrogens with one attached hydrogen (secondary N) is 1. The summed E-state index contributed by atoms with van der Waals surface area (Å²) in [6.45, 7) is 2.73. The number of aliphatic hydroxyl groups excluding tert-OH is 1. The van der Waals surface area contributed by atoms with E-state index < -0.39 is 0 Å². The minimum atomic E-state index is 0.0295. The van der Waals surface area contributed by atoms with Gasteiger partial charge in [-0.1, -0.05) is 6.07 Å². The van der Waals surface area contributed by atoms with Crippen molar-refractivity contribution < 1.29 is 9.84 Å². The molecule has 1 aromatic rings. The summed E-state index contributed by atoms with van der Waals surface area (Å²) in [6.07, 6.45) is 1.81.